The van der Waals surface area contributed by atoms with Crippen LogP contribution < -0.4 is 10.6 Å². The first kappa shape index (κ1) is 14.3. The number of anilines is 1. The summed E-state index contributed by atoms with van der Waals surface area (Å²) in [4.78, 5) is 23.1. The van der Waals surface area contributed by atoms with Crippen LogP contribution in [0.4, 0.5) is 5.69 Å². The zero-order valence-electron chi connectivity index (χ0n) is 11.3. The Morgan fingerprint density at radius 1 is 1.40 bits per heavy atom. The van der Waals surface area contributed by atoms with Gasteiger partial charge in [0.1, 0.15) is 6.04 Å². The molecule has 1 aromatic rings. The Balaban J connectivity index is 1.93. The van der Waals surface area contributed by atoms with Gasteiger partial charge in [0.15, 0.2) is 0 Å². The Hall–Kier alpha value is -2.08. The molecule has 2 rings (SSSR count). The van der Waals surface area contributed by atoms with Crippen molar-refractivity contribution in [3.05, 3.63) is 29.8 Å². The van der Waals surface area contributed by atoms with Crippen LogP contribution in [0.1, 0.15) is 23.2 Å². The molecule has 1 unspecified atom stereocenters. The summed E-state index contributed by atoms with van der Waals surface area (Å²) in [7, 11) is 1.79. The molecule has 1 heterocycles. The number of carbonyl (C=O) groups excluding carboxylic acids is 1. The van der Waals surface area contributed by atoms with Gasteiger partial charge in [0.05, 0.1) is 12.7 Å². The van der Waals surface area contributed by atoms with Gasteiger partial charge in [0.25, 0.3) is 5.91 Å². The van der Waals surface area contributed by atoms with E-state index in [4.69, 9.17) is 9.84 Å². The normalized spacial score (nSPS) is 18.1. The number of benzene rings is 1. The Labute approximate surface area is 117 Å². The van der Waals surface area contributed by atoms with Gasteiger partial charge in [-0.05, 0) is 37.1 Å². The molecule has 108 valence electrons. The SMILES string of the molecule is CNc1ccc(C(=O)N[C@@H](CCC2CO2)C(=O)O)cc1. The third-order valence-electron chi connectivity index (χ3n) is 3.22. The van der Waals surface area contributed by atoms with E-state index in [9.17, 15) is 9.59 Å². The van der Waals surface area contributed by atoms with Crippen LogP contribution in [0.5, 0.6) is 0 Å². The lowest BCUT2D eigenvalue weighted by Crippen LogP contribution is -2.40. The number of amides is 1. The third kappa shape index (κ3) is 3.96. The van der Waals surface area contributed by atoms with E-state index in [0.717, 1.165) is 5.69 Å². The Morgan fingerprint density at radius 2 is 2.05 bits per heavy atom. The maximum absolute atomic E-state index is 12.0. The highest BCUT2D eigenvalue weighted by atomic mass is 16.6. The molecule has 0 radical (unpaired) electrons. The molecular formula is C14H18N2O4. The van der Waals surface area contributed by atoms with Gasteiger partial charge in [-0.2, -0.15) is 0 Å². The van der Waals surface area contributed by atoms with Crippen LogP contribution in [0.15, 0.2) is 24.3 Å². The number of aliphatic carboxylic acids is 1. The molecule has 3 N–H and O–H groups in total. The summed E-state index contributed by atoms with van der Waals surface area (Å²) >= 11 is 0. The quantitative estimate of drug-likeness (QED) is 0.649. The van der Waals surface area contributed by atoms with Crippen molar-refractivity contribution in [1.29, 1.82) is 0 Å². The third-order valence-corrected chi connectivity index (χ3v) is 3.22. The summed E-state index contributed by atoms with van der Waals surface area (Å²) in [6.45, 7) is 0.686. The summed E-state index contributed by atoms with van der Waals surface area (Å²) in [6.07, 6.45) is 1.18. The van der Waals surface area contributed by atoms with Crippen LogP contribution in [0.25, 0.3) is 0 Å². The van der Waals surface area contributed by atoms with Crippen LogP contribution in [-0.4, -0.2) is 42.8 Å². The van der Waals surface area contributed by atoms with Crippen LogP contribution in [-0.2, 0) is 9.53 Å². The summed E-state index contributed by atoms with van der Waals surface area (Å²) < 4.78 is 5.04. The topological polar surface area (TPSA) is 91.0 Å². The lowest BCUT2D eigenvalue weighted by molar-refractivity contribution is -0.139. The summed E-state index contributed by atoms with van der Waals surface area (Å²) in [5.74, 6) is -1.40. The minimum atomic E-state index is -1.02. The summed E-state index contributed by atoms with van der Waals surface area (Å²) in [5, 5.41) is 14.6. The minimum absolute atomic E-state index is 0.156. The molecule has 1 amide bonds. The summed E-state index contributed by atoms with van der Waals surface area (Å²) in [6, 6.07) is 5.97. The number of carbonyl (C=O) groups is 2. The molecule has 0 aliphatic carbocycles. The van der Waals surface area contributed by atoms with E-state index in [1.165, 1.54) is 0 Å². The maximum Gasteiger partial charge on any atom is 0.326 e. The molecule has 0 bridgehead atoms. The van der Waals surface area contributed by atoms with Crippen LogP contribution >= 0.6 is 0 Å². The van der Waals surface area contributed by atoms with Crippen molar-refractivity contribution in [2.24, 2.45) is 0 Å². The van der Waals surface area contributed by atoms with Gasteiger partial charge in [-0.1, -0.05) is 0 Å². The first-order chi connectivity index (χ1) is 9.60. The minimum Gasteiger partial charge on any atom is -0.480 e. The van der Waals surface area contributed by atoms with Crippen molar-refractivity contribution in [1.82, 2.24) is 5.32 Å². The number of nitrogens with one attached hydrogen (secondary N) is 2. The van der Waals surface area contributed by atoms with Gasteiger partial charge in [-0.15, -0.1) is 0 Å². The first-order valence-corrected chi connectivity index (χ1v) is 6.53. The number of carboxylic acid groups (broad SMARTS) is 1. The fourth-order valence-electron chi connectivity index (χ4n) is 1.87. The molecule has 1 aliphatic heterocycles. The van der Waals surface area contributed by atoms with Gasteiger partial charge < -0.3 is 20.5 Å². The van der Waals surface area contributed by atoms with Crippen molar-refractivity contribution in [3.8, 4) is 0 Å². The molecule has 20 heavy (non-hydrogen) atoms. The number of hydrogen-bond donors (Lipinski definition) is 3. The Morgan fingerprint density at radius 3 is 2.55 bits per heavy atom. The van der Waals surface area contributed by atoms with Crippen molar-refractivity contribution >= 4 is 17.6 Å². The van der Waals surface area contributed by atoms with Gasteiger partial charge in [0, 0.05) is 18.3 Å². The molecule has 1 aromatic carbocycles. The largest absolute Gasteiger partial charge is 0.480 e. The lowest BCUT2D eigenvalue weighted by Gasteiger charge is -2.14. The highest BCUT2D eigenvalue weighted by Gasteiger charge is 2.27. The lowest BCUT2D eigenvalue weighted by atomic mass is 10.1. The monoisotopic (exact) mass is 278 g/mol. The van der Waals surface area contributed by atoms with Crippen molar-refractivity contribution < 1.29 is 19.4 Å². The Kier molecular flexibility index (Phi) is 4.57. The highest BCUT2D eigenvalue weighted by Crippen LogP contribution is 2.17. The standard InChI is InChI=1S/C14H18N2O4/c1-15-10-4-2-9(3-5-10)13(17)16-12(14(18)19)7-6-11-8-20-11/h2-5,11-12,15H,6-8H2,1H3,(H,16,17)(H,18,19)/t11?,12-/m0/s1. The van der Waals surface area contributed by atoms with Crippen LogP contribution in [0.2, 0.25) is 0 Å². The second kappa shape index (κ2) is 6.38. The van der Waals surface area contributed by atoms with Crippen LogP contribution in [0.3, 0.4) is 0 Å². The average Bonchev–Trinajstić information content (AvgIpc) is 3.27. The zero-order valence-corrected chi connectivity index (χ0v) is 11.3. The number of carboxylic acids is 1. The van der Waals surface area contributed by atoms with Gasteiger partial charge in [-0.3, -0.25) is 4.79 Å². The van der Waals surface area contributed by atoms with E-state index in [1.807, 2.05) is 0 Å². The predicted molar refractivity (Wildman–Crippen MR) is 73.9 cm³/mol. The molecule has 1 saturated heterocycles. The zero-order chi connectivity index (χ0) is 14.5. The maximum atomic E-state index is 12.0. The molecule has 1 aliphatic rings. The molecule has 1 fully saturated rings. The van der Waals surface area contributed by atoms with E-state index >= 15 is 0 Å². The molecule has 6 nitrogen and oxygen atoms in total. The smallest absolute Gasteiger partial charge is 0.326 e. The number of ether oxygens (including phenoxy) is 1. The van der Waals surface area contributed by atoms with E-state index in [1.54, 1.807) is 31.3 Å². The second-order valence-electron chi connectivity index (χ2n) is 4.72. The van der Waals surface area contributed by atoms with E-state index in [-0.39, 0.29) is 12.0 Å². The molecule has 6 heteroatoms. The molecular weight excluding hydrogens is 260 g/mol. The van der Waals surface area contributed by atoms with Crippen molar-refractivity contribution in [2.75, 3.05) is 19.0 Å². The first-order valence-electron chi connectivity index (χ1n) is 6.53. The number of epoxide rings is 1. The fraction of sp³-hybridized carbons (Fsp3) is 0.429. The molecule has 0 spiro atoms. The highest BCUT2D eigenvalue weighted by molar-refractivity contribution is 5.96. The van der Waals surface area contributed by atoms with Gasteiger partial charge in [-0.25, -0.2) is 4.79 Å². The molecule has 0 aromatic heterocycles. The molecule has 2 atom stereocenters. The number of hydrogen-bond acceptors (Lipinski definition) is 4. The van der Waals surface area contributed by atoms with E-state index < -0.39 is 12.0 Å². The average molecular weight is 278 g/mol. The van der Waals surface area contributed by atoms with Crippen molar-refractivity contribution in [3.63, 3.8) is 0 Å². The summed E-state index contributed by atoms with van der Waals surface area (Å²) in [5.41, 5.74) is 1.33. The van der Waals surface area contributed by atoms with Crippen LogP contribution in [0, 0.1) is 0 Å². The van der Waals surface area contributed by atoms with Crippen molar-refractivity contribution in [2.45, 2.75) is 25.0 Å². The van der Waals surface area contributed by atoms with Gasteiger partial charge in [0.2, 0.25) is 0 Å². The Bertz CT molecular complexity index is 482. The fourth-order valence-corrected chi connectivity index (χ4v) is 1.87. The van der Waals surface area contributed by atoms with E-state index in [2.05, 4.69) is 10.6 Å². The molecule has 0 saturated carbocycles. The predicted octanol–water partition coefficient (Wildman–Crippen LogP) is 1.09. The number of rotatable bonds is 7. The van der Waals surface area contributed by atoms with Gasteiger partial charge >= 0.3 is 5.97 Å². The second-order valence-corrected chi connectivity index (χ2v) is 4.72. The van der Waals surface area contributed by atoms with E-state index in [0.29, 0.717) is 25.0 Å².